The number of nitrogens with zero attached hydrogens (tertiary/aromatic N) is 3. The summed E-state index contributed by atoms with van der Waals surface area (Å²) in [6.07, 6.45) is 2.10. The van der Waals surface area contributed by atoms with Crippen molar-refractivity contribution in [1.29, 1.82) is 0 Å². The van der Waals surface area contributed by atoms with Crippen LogP contribution in [0.5, 0.6) is 0 Å². The van der Waals surface area contributed by atoms with Crippen LogP contribution in [0.25, 0.3) is 82.3 Å². The molecule has 9 rings (SSSR count). The van der Waals surface area contributed by atoms with Gasteiger partial charge in [-0.25, -0.2) is 9.97 Å². The van der Waals surface area contributed by atoms with Gasteiger partial charge in [-0.3, -0.25) is 4.40 Å². The normalized spacial score (nSPS) is 11.9. The second-order valence-electron chi connectivity index (χ2n) is 10.6. The van der Waals surface area contributed by atoms with Crippen LogP contribution in [0.3, 0.4) is 0 Å². The molecule has 0 fully saturated rings. The van der Waals surface area contributed by atoms with E-state index in [1.165, 1.54) is 43.4 Å². The number of benzene rings is 6. The van der Waals surface area contributed by atoms with Gasteiger partial charge in [0.05, 0.1) is 11.2 Å². The third-order valence-electron chi connectivity index (χ3n) is 8.37. The minimum Gasteiger partial charge on any atom is -0.298 e. The number of rotatable bonds is 2. The van der Waals surface area contributed by atoms with E-state index in [0.29, 0.717) is 0 Å². The van der Waals surface area contributed by atoms with Crippen molar-refractivity contribution in [1.82, 2.24) is 14.4 Å². The summed E-state index contributed by atoms with van der Waals surface area (Å²) in [5.41, 5.74) is 8.47. The highest BCUT2D eigenvalue weighted by Gasteiger charge is 2.22. The summed E-state index contributed by atoms with van der Waals surface area (Å²) >= 11 is 0. The van der Waals surface area contributed by atoms with E-state index in [2.05, 4.69) is 138 Å². The first kappa shape index (κ1) is 22.3. The highest BCUT2D eigenvalue weighted by molar-refractivity contribution is 6.25. The molecule has 0 aliphatic rings. The van der Waals surface area contributed by atoms with Gasteiger partial charge in [-0.05, 0) is 61.6 Å². The first-order chi connectivity index (χ1) is 20.4. The molecule has 0 aliphatic carbocycles. The maximum atomic E-state index is 5.39. The van der Waals surface area contributed by atoms with Crippen LogP contribution >= 0.6 is 0 Å². The van der Waals surface area contributed by atoms with Crippen LogP contribution in [0.2, 0.25) is 0 Å². The lowest BCUT2D eigenvalue weighted by molar-refractivity contribution is 1.22. The van der Waals surface area contributed by atoms with Gasteiger partial charge in [-0.2, -0.15) is 0 Å². The number of fused-ring (bicyclic) bond motifs is 8. The van der Waals surface area contributed by atoms with Gasteiger partial charge in [0.15, 0.2) is 0 Å². The van der Waals surface area contributed by atoms with E-state index < -0.39 is 0 Å². The molecule has 3 nitrogen and oxygen atoms in total. The minimum atomic E-state index is 0.919. The monoisotopic (exact) mass is 521 g/mol. The van der Waals surface area contributed by atoms with Crippen LogP contribution in [0.4, 0.5) is 0 Å². The lowest BCUT2D eigenvalue weighted by Crippen LogP contribution is -1.96. The molecule has 0 bridgehead atoms. The first-order valence-corrected chi connectivity index (χ1v) is 13.9. The lowest BCUT2D eigenvalue weighted by Gasteiger charge is -2.19. The topological polar surface area (TPSA) is 30.2 Å². The molecule has 0 amide bonds. The molecule has 0 unspecified atom stereocenters. The molecule has 3 heteroatoms. The van der Waals surface area contributed by atoms with Crippen LogP contribution in [0.1, 0.15) is 0 Å². The number of pyridine rings is 2. The highest BCUT2D eigenvalue weighted by Crippen LogP contribution is 2.46. The maximum Gasteiger partial charge on any atom is 0.137 e. The molecular weight excluding hydrogens is 498 g/mol. The predicted molar refractivity (Wildman–Crippen MR) is 171 cm³/mol. The largest absolute Gasteiger partial charge is 0.298 e. The van der Waals surface area contributed by atoms with E-state index in [-0.39, 0.29) is 0 Å². The Labute approximate surface area is 236 Å². The Bertz CT molecular complexity index is 2420. The van der Waals surface area contributed by atoms with Crippen molar-refractivity contribution in [2.75, 3.05) is 0 Å². The molecule has 3 heterocycles. The molecule has 0 N–H and O–H groups in total. The summed E-state index contributed by atoms with van der Waals surface area (Å²) in [7, 11) is 0. The van der Waals surface area contributed by atoms with Crippen LogP contribution < -0.4 is 0 Å². The standard InChI is InChI=1S/C38H23N3/c1-2-14-25-24(12-1)13-11-20-26(25)34-27-15-3-5-17-29(27)35(30-18-6-4-16-28(30)34)37-38-36(31-19-7-8-21-32(31)39-37)40-33-22-9-10-23-41(33)38/h1-23H. The second-order valence-corrected chi connectivity index (χ2v) is 10.6. The van der Waals surface area contributed by atoms with E-state index >= 15 is 0 Å². The Morgan fingerprint density at radius 2 is 1.02 bits per heavy atom. The van der Waals surface area contributed by atoms with Crippen molar-refractivity contribution in [2.45, 2.75) is 0 Å². The quantitative estimate of drug-likeness (QED) is 0.212. The van der Waals surface area contributed by atoms with Crippen molar-refractivity contribution < 1.29 is 0 Å². The van der Waals surface area contributed by atoms with Crippen LogP contribution in [-0.2, 0) is 0 Å². The zero-order chi connectivity index (χ0) is 26.9. The van der Waals surface area contributed by atoms with E-state index in [4.69, 9.17) is 9.97 Å². The average molecular weight is 522 g/mol. The summed E-state index contributed by atoms with van der Waals surface area (Å²) in [5.74, 6) is 0. The molecule has 0 saturated carbocycles. The fraction of sp³-hybridized carbons (Fsp3) is 0. The van der Waals surface area contributed by atoms with Gasteiger partial charge >= 0.3 is 0 Å². The van der Waals surface area contributed by atoms with Crippen LogP contribution in [0, 0.1) is 0 Å². The maximum absolute atomic E-state index is 5.39. The average Bonchev–Trinajstić information content (AvgIpc) is 3.43. The van der Waals surface area contributed by atoms with Gasteiger partial charge in [-0.1, -0.05) is 115 Å². The number of imidazole rings is 1. The third-order valence-corrected chi connectivity index (χ3v) is 8.37. The molecule has 190 valence electrons. The van der Waals surface area contributed by atoms with E-state index in [0.717, 1.165) is 38.8 Å². The van der Waals surface area contributed by atoms with Gasteiger partial charge in [0.2, 0.25) is 0 Å². The fourth-order valence-electron chi connectivity index (χ4n) is 6.65. The fourth-order valence-corrected chi connectivity index (χ4v) is 6.65. The Morgan fingerprint density at radius 1 is 0.439 bits per heavy atom. The molecule has 0 radical (unpaired) electrons. The van der Waals surface area contributed by atoms with Gasteiger partial charge in [0.25, 0.3) is 0 Å². The van der Waals surface area contributed by atoms with Crippen molar-refractivity contribution in [3.05, 3.63) is 140 Å². The Balaban J connectivity index is 1.52. The Morgan fingerprint density at radius 3 is 1.78 bits per heavy atom. The van der Waals surface area contributed by atoms with Crippen LogP contribution in [0.15, 0.2) is 140 Å². The SMILES string of the molecule is c1ccc2c(-c3c4ccccc4c(-c4nc5ccccc5c5nc6ccccn6c45)c4ccccc34)cccc2c1. The van der Waals surface area contributed by atoms with Crippen LogP contribution in [-0.4, -0.2) is 14.4 Å². The van der Waals surface area contributed by atoms with Gasteiger partial charge < -0.3 is 0 Å². The van der Waals surface area contributed by atoms with Gasteiger partial charge in [0, 0.05) is 17.1 Å². The highest BCUT2D eigenvalue weighted by atomic mass is 15.0. The number of aromatic nitrogens is 3. The predicted octanol–water partition coefficient (Wildman–Crippen LogP) is 9.83. The summed E-state index contributed by atoms with van der Waals surface area (Å²) in [4.78, 5) is 10.5. The molecule has 9 aromatic rings. The zero-order valence-corrected chi connectivity index (χ0v) is 22.1. The summed E-state index contributed by atoms with van der Waals surface area (Å²) < 4.78 is 2.19. The molecule has 3 aromatic heterocycles. The number of hydrogen-bond donors (Lipinski definition) is 0. The third kappa shape index (κ3) is 3.14. The lowest BCUT2D eigenvalue weighted by atomic mass is 9.85. The summed E-state index contributed by atoms with van der Waals surface area (Å²) in [6, 6.07) is 47.4. The van der Waals surface area contributed by atoms with E-state index in [1.54, 1.807) is 0 Å². The van der Waals surface area contributed by atoms with Gasteiger partial charge in [0.1, 0.15) is 16.7 Å². The van der Waals surface area contributed by atoms with Crippen molar-refractivity contribution in [2.24, 2.45) is 0 Å². The summed E-state index contributed by atoms with van der Waals surface area (Å²) in [5, 5.41) is 8.37. The van der Waals surface area contributed by atoms with Crippen molar-refractivity contribution in [3.8, 4) is 22.4 Å². The van der Waals surface area contributed by atoms with E-state index in [9.17, 15) is 0 Å². The molecule has 0 atom stereocenters. The number of hydrogen-bond acceptors (Lipinski definition) is 2. The van der Waals surface area contributed by atoms with Crippen molar-refractivity contribution in [3.63, 3.8) is 0 Å². The smallest absolute Gasteiger partial charge is 0.137 e. The number of para-hydroxylation sites is 1. The molecule has 41 heavy (non-hydrogen) atoms. The Kier molecular flexibility index (Phi) is 4.61. The first-order valence-electron chi connectivity index (χ1n) is 13.9. The second kappa shape index (κ2) is 8.48. The van der Waals surface area contributed by atoms with E-state index in [1.807, 2.05) is 6.07 Å². The Hall–Kier alpha value is -5.54. The van der Waals surface area contributed by atoms with Crippen molar-refractivity contribution >= 4 is 59.9 Å². The molecular formula is C38H23N3. The van der Waals surface area contributed by atoms with Gasteiger partial charge in [-0.15, -0.1) is 0 Å². The molecule has 6 aromatic carbocycles. The molecule has 0 aliphatic heterocycles. The summed E-state index contributed by atoms with van der Waals surface area (Å²) in [6.45, 7) is 0. The molecule has 0 spiro atoms. The molecule has 0 saturated heterocycles. The minimum absolute atomic E-state index is 0.919. The zero-order valence-electron chi connectivity index (χ0n) is 22.1.